The van der Waals surface area contributed by atoms with Crippen molar-refractivity contribution in [3.8, 4) is 22.5 Å². The summed E-state index contributed by atoms with van der Waals surface area (Å²) in [5, 5.41) is 3.83. The molecule has 6 aromatic rings. The average Bonchev–Trinajstić information content (AvgIpc) is 3.59. The summed E-state index contributed by atoms with van der Waals surface area (Å²) < 4.78 is 12.1. The van der Waals surface area contributed by atoms with Crippen molar-refractivity contribution in [2.24, 2.45) is 5.92 Å². The Bertz CT molecular complexity index is 2600. The summed E-state index contributed by atoms with van der Waals surface area (Å²) >= 11 is 0. The summed E-state index contributed by atoms with van der Waals surface area (Å²) in [6.07, 6.45) is 17.8. The molecule has 9 rings (SSSR count). The number of aryl methyl sites for hydroxylation is 2. The first kappa shape index (κ1) is 40.1. The van der Waals surface area contributed by atoms with Gasteiger partial charge in [0.25, 0.3) is 0 Å². The number of pyridine rings is 3. The number of allylic oxidation sites excluding steroid dienone is 1. The maximum Gasteiger partial charge on any atom is 0.227 e. The number of fused-ring (bicyclic) bond motifs is 13. The maximum atomic E-state index is 6.89. The molecular weight excluding hydrogens is 735 g/mol. The number of hydrogen-bond donors (Lipinski definition) is 0. The van der Waals surface area contributed by atoms with E-state index >= 15 is 0 Å². The van der Waals surface area contributed by atoms with Crippen LogP contribution in [0, 0.1) is 12.8 Å². The van der Waals surface area contributed by atoms with Crippen LogP contribution in [0.25, 0.3) is 50.3 Å². The third kappa shape index (κ3) is 7.03. The van der Waals surface area contributed by atoms with Crippen molar-refractivity contribution in [1.82, 2.24) is 4.98 Å². The average molecular weight is 802 g/mol. The highest BCUT2D eigenvalue weighted by molar-refractivity contribution is 6.89. The quantitative estimate of drug-likeness (QED) is 0.119. The van der Waals surface area contributed by atoms with Crippen molar-refractivity contribution in [3.63, 3.8) is 0 Å². The molecule has 5 heteroatoms. The van der Waals surface area contributed by atoms with Crippen LogP contribution in [0.4, 0.5) is 0 Å². The first-order valence-electron chi connectivity index (χ1n) is 23.1. The van der Waals surface area contributed by atoms with Gasteiger partial charge in [0.15, 0.2) is 29.7 Å². The molecule has 0 amide bonds. The Balaban J connectivity index is 1.30. The van der Waals surface area contributed by atoms with Gasteiger partial charge in [-0.2, -0.15) is 9.13 Å². The highest BCUT2D eigenvalue weighted by atomic mass is 28.3. The van der Waals surface area contributed by atoms with Crippen LogP contribution in [0.3, 0.4) is 0 Å². The fraction of sp³-hybridized carbons (Fsp3) is 0.463. The van der Waals surface area contributed by atoms with Gasteiger partial charge in [-0.25, -0.2) is 4.98 Å². The first-order chi connectivity index (χ1) is 28.3. The summed E-state index contributed by atoms with van der Waals surface area (Å²) in [6, 6.07) is 24.4. The van der Waals surface area contributed by atoms with Crippen LogP contribution in [-0.2, 0) is 18.3 Å². The predicted molar refractivity (Wildman–Crippen MR) is 249 cm³/mol. The van der Waals surface area contributed by atoms with E-state index in [1.165, 1.54) is 65.7 Å². The lowest BCUT2D eigenvalue weighted by Crippen LogP contribution is -2.54. The normalized spacial score (nSPS) is 18.7. The third-order valence-electron chi connectivity index (χ3n) is 15.0. The number of hydrogen-bond acceptors (Lipinski definition) is 2. The molecule has 3 aliphatic rings. The van der Waals surface area contributed by atoms with Crippen LogP contribution in [0.1, 0.15) is 144 Å². The van der Waals surface area contributed by atoms with E-state index in [1.807, 2.05) is 0 Å². The number of furan rings is 1. The van der Waals surface area contributed by atoms with Gasteiger partial charge < -0.3 is 4.42 Å². The van der Waals surface area contributed by atoms with Crippen LogP contribution in [-0.4, -0.2) is 13.1 Å². The molecule has 2 aliphatic heterocycles. The Morgan fingerprint density at radius 2 is 1.66 bits per heavy atom. The second-order valence-electron chi connectivity index (χ2n) is 20.3. The van der Waals surface area contributed by atoms with E-state index in [1.54, 1.807) is 21.9 Å². The van der Waals surface area contributed by atoms with E-state index in [9.17, 15) is 0 Å². The summed E-state index contributed by atoms with van der Waals surface area (Å²) in [5.74, 6) is 1.60. The molecule has 1 saturated carbocycles. The van der Waals surface area contributed by atoms with E-state index in [2.05, 4.69) is 143 Å². The lowest BCUT2D eigenvalue weighted by Gasteiger charge is -2.34. The molecule has 0 bridgehead atoms. The molecule has 1 aliphatic carbocycles. The zero-order valence-corrected chi connectivity index (χ0v) is 38.5. The molecule has 1 fully saturated rings. The molecule has 6 heterocycles. The van der Waals surface area contributed by atoms with Crippen LogP contribution in [0.5, 0.6) is 0 Å². The second kappa shape index (κ2) is 15.3. The van der Waals surface area contributed by atoms with Gasteiger partial charge in [0.1, 0.15) is 0 Å². The second-order valence-corrected chi connectivity index (χ2v) is 25.4. The zero-order chi connectivity index (χ0) is 41.4. The molecule has 4 nitrogen and oxygen atoms in total. The number of rotatable bonds is 7. The van der Waals surface area contributed by atoms with Gasteiger partial charge in [-0.3, -0.25) is 0 Å². The predicted octanol–water partition coefficient (Wildman–Crippen LogP) is 13.2. The fourth-order valence-electron chi connectivity index (χ4n) is 11.2. The smallest absolute Gasteiger partial charge is 0.227 e. The molecule has 306 valence electrons. The molecule has 2 unspecified atom stereocenters. The van der Waals surface area contributed by atoms with Gasteiger partial charge in [0.2, 0.25) is 17.1 Å². The Morgan fingerprint density at radius 3 is 2.39 bits per heavy atom. The fourth-order valence-corrected chi connectivity index (χ4v) is 12.8. The van der Waals surface area contributed by atoms with Crippen LogP contribution in [0.2, 0.25) is 19.6 Å². The standard InChI is InChI=1S/C54H67N3OSi/c1-11-54(7,12-2)41-26-27-56-36(6)29-47-42(23-19-38-20-25-44-45-22-18-35(5)55-53(45)58-52(44)51(38)49(56)32-41)46-30-39(37-16-14-13-15-17-37)21-24-43(46)48-31-40(28-34(3)4)50(33-57(47)48)59(8,9)10/h18,20-22,24-27,30-34,37,42,47H,6,11-17,19,23,28-29H2,1-5,7-10H3/q+2. The largest absolute Gasteiger partial charge is 0.437 e. The Hall–Kier alpha value is -4.35. The van der Waals surface area contributed by atoms with Gasteiger partial charge >= 0.3 is 0 Å². The van der Waals surface area contributed by atoms with Gasteiger partial charge in [0, 0.05) is 51.3 Å². The third-order valence-corrected chi connectivity index (χ3v) is 17.1. The monoisotopic (exact) mass is 802 g/mol. The van der Waals surface area contributed by atoms with Crippen molar-refractivity contribution in [2.45, 2.75) is 155 Å². The molecule has 0 radical (unpaired) electrons. The highest BCUT2D eigenvalue weighted by Gasteiger charge is 2.45. The number of aromatic nitrogens is 3. The molecule has 0 N–H and O–H groups in total. The van der Waals surface area contributed by atoms with E-state index < -0.39 is 8.07 Å². The van der Waals surface area contributed by atoms with Crippen LogP contribution >= 0.6 is 0 Å². The first-order valence-corrected chi connectivity index (χ1v) is 26.6. The van der Waals surface area contributed by atoms with Crippen molar-refractivity contribution < 1.29 is 13.6 Å². The Labute approximate surface area is 354 Å². The zero-order valence-electron chi connectivity index (χ0n) is 37.5. The van der Waals surface area contributed by atoms with E-state index in [0.29, 0.717) is 17.8 Å². The summed E-state index contributed by atoms with van der Waals surface area (Å²) in [5.41, 5.74) is 16.5. The molecule has 2 atom stereocenters. The lowest BCUT2D eigenvalue weighted by atomic mass is 9.74. The Morgan fingerprint density at radius 1 is 0.898 bits per heavy atom. The summed E-state index contributed by atoms with van der Waals surface area (Å²) in [4.78, 5) is 4.89. The van der Waals surface area contributed by atoms with Gasteiger partial charge in [-0.15, -0.1) is 0 Å². The SMILES string of the molecule is C=C1CC2C(CCc3ccc4c(oc5nc(C)ccc54)c3-c3cc(C(C)(CC)CC)cc[n+]31)c1cc(C3CCCCC3)ccc1-c1cc(CC(C)C)c([Si](C)(C)C)c[n+]12. The topological polar surface area (TPSA) is 33.8 Å². The van der Waals surface area contributed by atoms with Gasteiger partial charge in [-0.05, 0) is 122 Å². The van der Waals surface area contributed by atoms with E-state index in [4.69, 9.17) is 16.0 Å². The molecule has 4 aromatic heterocycles. The van der Waals surface area contributed by atoms with Crippen molar-refractivity contribution in [1.29, 1.82) is 0 Å². The Kier molecular flexibility index (Phi) is 10.4. The van der Waals surface area contributed by atoms with Crippen molar-refractivity contribution in [3.05, 3.63) is 113 Å². The minimum Gasteiger partial charge on any atom is -0.437 e. The van der Waals surface area contributed by atoms with E-state index in [-0.39, 0.29) is 11.5 Å². The summed E-state index contributed by atoms with van der Waals surface area (Å²) in [6.45, 7) is 26.5. The highest BCUT2D eigenvalue weighted by Crippen LogP contribution is 2.48. The van der Waals surface area contributed by atoms with Crippen LogP contribution in [0.15, 0.2) is 84.1 Å². The molecule has 0 saturated heterocycles. The molecule has 2 aromatic carbocycles. The maximum absolute atomic E-state index is 6.89. The minimum atomic E-state index is -1.69. The number of benzene rings is 2. The number of nitrogens with zero attached hydrogens (tertiary/aromatic N) is 3. The van der Waals surface area contributed by atoms with Crippen molar-refractivity contribution >= 4 is 41.0 Å². The summed E-state index contributed by atoms with van der Waals surface area (Å²) in [7, 11) is -1.69. The van der Waals surface area contributed by atoms with Gasteiger partial charge in [0.05, 0.1) is 20.1 Å². The van der Waals surface area contributed by atoms with Gasteiger partial charge in [-0.1, -0.05) is 97.8 Å². The van der Waals surface area contributed by atoms with Crippen molar-refractivity contribution in [2.75, 3.05) is 0 Å². The van der Waals surface area contributed by atoms with E-state index in [0.717, 1.165) is 72.0 Å². The molecule has 59 heavy (non-hydrogen) atoms. The lowest BCUT2D eigenvalue weighted by molar-refractivity contribution is -0.719. The van der Waals surface area contributed by atoms with Crippen LogP contribution < -0.4 is 14.3 Å². The minimum absolute atomic E-state index is 0.0663. The molecule has 0 spiro atoms. The molecular formula is C54H67N3OSi+2.